The van der Waals surface area contributed by atoms with E-state index in [1.807, 2.05) is 207 Å². The number of para-hydroxylation sites is 6. The molecular weight excluding hydrogens is 1370 g/mol. The maximum Gasteiger partial charge on any atom is 0.124 e. The summed E-state index contributed by atoms with van der Waals surface area (Å²) in [6.07, 6.45) is 6.81. The number of fused-ring (bicyclic) bond motifs is 4. The number of rotatable bonds is 10. The Labute approximate surface area is 508 Å². The normalized spacial score (nSPS) is 11.9. The first kappa shape index (κ1) is 57.2. The number of hydrogen-bond acceptors (Lipinski definition) is 8. The molecule has 0 radical (unpaired) electrons. The van der Waals surface area contributed by atoms with Crippen LogP contribution in [0.2, 0.25) is 0 Å². The Morgan fingerprint density at radius 1 is 0.354 bits per heavy atom. The Morgan fingerprint density at radius 2 is 0.683 bits per heavy atom. The van der Waals surface area contributed by atoms with Gasteiger partial charge in [0.2, 0.25) is 0 Å². The first-order valence-corrected chi connectivity index (χ1v) is 26.1. The van der Waals surface area contributed by atoms with Crippen LogP contribution in [0.5, 0.6) is 0 Å². The average molecular weight is 1420 g/mol. The molecule has 0 N–H and O–H groups in total. The predicted octanol–water partition coefficient (Wildman–Crippen LogP) is 19.0. The van der Waals surface area contributed by atoms with Gasteiger partial charge in [-0.25, -0.2) is 9.97 Å². The van der Waals surface area contributed by atoms with Crippen LogP contribution in [-0.4, -0.2) is 22.6 Å². The van der Waals surface area contributed by atoms with E-state index in [1.54, 1.807) is 12.7 Å². The molecule has 14 rings (SSSR count). The predicted molar refractivity (Wildman–Crippen MR) is 332 cm³/mol. The summed E-state index contributed by atoms with van der Waals surface area (Å²) in [7, 11) is 0. The fourth-order valence-corrected chi connectivity index (χ4v) is 8.82. The van der Waals surface area contributed by atoms with Crippen LogP contribution in [-0.2, 0) is 42.1 Å². The fraction of sp³-hybridized carbons (Fsp3) is 0. The van der Waals surface area contributed by atoms with Gasteiger partial charge in [0, 0.05) is 65.9 Å². The van der Waals surface area contributed by atoms with Crippen LogP contribution in [0.25, 0.3) is 32.2 Å². The van der Waals surface area contributed by atoms with Crippen LogP contribution in [0.15, 0.2) is 301 Å². The van der Waals surface area contributed by atoms with E-state index in [4.69, 9.17) is 0 Å². The molecule has 0 saturated heterocycles. The zero-order chi connectivity index (χ0) is 54.0. The molecule has 408 valence electrons. The van der Waals surface area contributed by atoms with E-state index < -0.39 is 0 Å². The van der Waals surface area contributed by atoms with Crippen LogP contribution < -0.4 is 19.6 Å². The molecule has 2 aliphatic heterocycles. The third kappa shape index (κ3) is 14.7. The summed E-state index contributed by atoms with van der Waals surface area (Å²) < 4.78 is 0. The molecule has 0 bridgehead atoms. The van der Waals surface area contributed by atoms with E-state index in [9.17, 15) is 0 Å². The molecule has 0 atom stereocenters. The molecule has 82 heavy (non-hydrogen) atoms. The first-order valence-electron chi connectivity index (χ1n) is 26.1. The van der Waals surface area contributed by atoms with Gasteiger partial charge < -0.3 is 40.2 Å². The molecule has 0 fully saturated rings. The minimum absolute atomic E-state index is 0. The van der Waals surface area contributed by atoms with Crippen molar-refractivity contribution in [3.05, 3.63) is 328 Å². The Morgan fingerprint density at radius 3 is 1.06 bits per heavy atom. The van der Waals surface area contributed by atoms with Gasteiger partial charge in [0.1, 0.15) is 11.6 Å². The van der Waals surface area contributed by atoms with Crippen LogP contribution in [0.3, 0.4) is 0 Å². The standard InChI is InChI=1S/2C22H15N3.2C13H11N2.2Pt/c2*1-2-9-19(10-3-1)24-16-25(22-21(24)11-6-14-23-22)20-13-12-17-7-4-5-8-18(17)15-20;2*1-3-7-12(8-4-1)14-11-15-13-9-5-2-6-10-13;;/h2*1-12,14-16H;2*1-11H;;/q2*-2;2*-1;;. The smallest absolute Gasteiger partial charge is 0.124 e. The molecule has 10 aromatic carbocycles. The van der Waals surface area contributed by atoms with Crippen molar-refractivity contribution in [3.63, 3.8) is 0 Å². The van der Waals surface area contributed by atoms with Crippen LogP contribution >= 0.6 is 0 Å². The Kier molecular flexibility index (Phi) is 20.3. The summed E-state index contributed by atoms with van der Waals surface area (Å²) >= 11 is 0. The molecule has 10 nitrogen and oxygen atoms in total. The number of nitrogens with zero attached hydrogens (tertiary/aromatic N) is 10. The summed E-state index contributed by atoms with van der Waals surface area (Å²) in [5.41, 5.74) is 9.98. The van der Waals surface area contributed by atoms with Crippen molar-refractivity contribution in [2.45, 2.75) is 0 Å². The minimum atomic E-state index is 0. The number of hydrogen-bond donors (Lipinski definition) is 0. The maximum absolute atomic E-state index is 4.61. The average Bonchev–Trinajstić information content (AvgIpc) is 3.38. The first-order chi connectivity index (χ1) is 39.7. The summed E-state index contributed by atoms with van der Waals surface area (Å²) in [5.74, 6) is 1.83. The molecule has 0 saturated carbocycles. The van der Waals surface area contributed by atoms with Crippen LogP contribution in [0.1, 0.15) is 0 Å². The van der Waals surface area contributed by atoms with Crippen molar-refractivity contribution < 1.29 is 42.1 Å². The summed E-state index contributed by atoms with van der Waals surface area (Å²) in [5, 5.41) is 13.2. The van der Waals surface area contributed by atoms with Gasteiger partial charge in [0.15, 0.2) is 0 Å². The molecule has 12 heteroatoms. The minimum Gasteiger partial charge on any atom is -0.478 e. The van der Waals surface area contributed by atoms with Gasteiger partial charge in [0.05, 0.1) is 11.4 Å². The van der Waals surface area contributed by atoms with E-state index in [1.165, 1.54) is 21.5 Å². The van der Waals surface area contributed by atoms with Gasteiger partial charge in [-0.2, -0.15) is 24.3 Å². The van der Waals surface area contributed by atoms with Crippen molar-refractivity contribution in [1.29, 1.82) is 0 Å². The van der Waals surface area contributed by atoms with Gasteiger partial charge in [-0.3, -0.25) is 0 Å². The second-order valence-corrected chi connectivity index (χ2v) is 18.1. The van der Waals surface area contributed by atoms with E-state index >= 15 is 0 Å². The molecule has 0 amide bonds. The molecule has 0 spiro atoms. The summed E-state index contributed by atoms with van der Waals surface area (Å²) in [6, 6.07) is 99.6. The van der Waals surface area contributed by atoms with Gasteiger partial charge in [0.25, 0.3) is 0 Å². The summed E-state index contributed by atoms with van der Waals surface area (Å²) in [4.78, 5) is 26.1. The zero-order valence-corrected chi connectivity index (χ0v) is 48.7. The number of aliphatic imine (C=N–C) groups is 2. The van der Waals surface area contributed by atoms with Crippen molar-refractivity contribution in [2.75, 3.05) is 19.6 Å². The van der Waals surface area contributed by atoms with E-state index in [-0.39, 0.29) is 42.1 Å². The van der Waals surface area contributed by atoms with E-state index in [0.717, 1.165) is 68.5 Å². The molecule has 0 aliphatic carbocycles. The second kappa shape index (κ2) is 29.1. The van der Waals surface area contributed by atoms with E-state index in [2.05, 4.69) is 161 Å². The fourth-order valence-electron chi connectivity index (χ4n) is 8.82. The van der Waals surface area contributed by atoms with Crippen molar-refractivity contribution in [2.24, 2.45) is 9.98 Å². The van der Waals surface area contributed by atoms with Crippen molar-refractivity contribution >= 4 is 103 Å². The quantitative estimate of drug-likeness (QED) is 0.0770. The number of pyridine rings is 2. The Hall–Kier alpha value is -9.46. The number of benzene rings is 10. The zero-order valence-electron chi connectivity index (χ0n) is 44.1. The molecule has 12 aromatic rings. The second-order valence-electron chi connectivity index (χ2n) is 18.1. The SMILES string of the molecule is C(=Nc1ccccc1)[N-]c1ccccc1.C(=Nc1ccccc1)[N-]c1ccccc1.[Pt].[Pt].[c-]1cc2ccccc2cc1N1[CH-]N(c2ccccc2)c2cccnc21.[c-]1cc2ccccc2cc1N1[CH-]N(c2ccccc2)c2cccnc21. The third-order valence-electron chi connectivity index (χ3n) is 12.7. The van der Waals surface area contributed by atoms with Crippen molar-refractivity contribution in [1.82, 2.24) is 9.97 Å². The maximum atomic E-state index is 4.61. The van der Waals surface area contributed by atoms with E-state index in [0.29, 0.717) is 0 Å². The van der Waals surface area contributed by atoms with Crippen LogP contribution in [0.4, 0.5) is 68.5 Å². The topological polar surface area (TPSA) is 91.7 Å². The summed E-state index contributed by atoms with van der Waals surface area (Å²) in [6.45, 7) is 4.15. The molecule has 0 unspecified atom stereocenters. The monoisotopic (exact) mass is 1420 g/mol. The third-order valence-corrected chi connectivity index (χ3v) is 12.7. The van der Waals surface area contributed by atoms with Gasteiger partial charge in [-0.15, -0.1) is 70.5 Å². The number of aromatic nitrogens is 2. The van der Waals surface area contributed by atoms with Crippen molar-refractivity contribution in [3.8, 4) is 0 Å². The van der Waals surface area contributed by atoms with Gasteiger partial charge >= 0.3 is 0 Å². The van der Waals surface area contributed by atoms with Crippen LogP contribution in [0, 0.1) is 25.5 Å². The van der Waals surface area contributed by atoms with Gasteiger partial charge in [-0.1, -0.05) is 207 Å². The molecule has 2 aromatic heterocycles. The molecule has 2 aliphatic rings. The Bertz CT molecular complexity index is 3680. The number of anilines is 8. The molecular formula is C70H52N10Pt2-6. The molecule has 4 heterocycles. The largest absolute Gasteiger partial charge is 0.478 e. The van der Waals surface area contributed by atoms with Gasteiger partial charge in [-0.05, 0) is 71.3 Å². The Balaban J connectivity index is 0.000000135.